The van der Waals surface area contributed by atoms with Crippen LogP contribution >= 0.6 is 0 Å². The second kappa shape index (κ2) is 9.94. The maximum atomic E-state index is 13.5. The summed E-state index contributed by atoms with van der Waals surface area (Å²) >= 11 is 0. The summed E-state index contributed by atoms with van der Waals surface area (Å²) in [6.45, 7) is 1.04. The van der Waals surface area contributed by atoms with Crippen molar-refractivity contribution >= 4 is 11.8 Å². The van der Waals surface area contributed by atoms with E-state index in [-0.39, 0.29) is 18.4 Å². The minimum absolute atomic E-state index is 0.0463. The van der Waals surface area contributed by atoms with Gasteiger partial charge in [-0.05, 0) is 41.7 Å². The van der Waals surface area contributed by atoms with Crippen molar-refractivity contribution in [2.24, 2.45) is 0 Å². The van der Waals surface area contributed by atoms with Crippen molar-refractivity contribution < 1.29 is 18.4 Å². The summed E-state index contributed by atoms with van der Waals surface area (Å²) < 4.78 is 26.8. The second-order valence-electron chi connectivity index (χ2n) is 8.42. The van der Waals surface area contributed by atoms with Gasteiger partial charge in [-0.15, -0.1) is 0 Å². The standard InChI is InChI=1S/C27H26F2N2O2/c28-23-12-11-21(17-24(23)29)19-30-26(33)27(22-9-5-2-6-10-22)13-15-31(16-14-27)25(32)18-20-7-3-1-4-8-20/h1-12,17H,13-16,18-19H2,(H,30,33). The van der Waals surface area contributed by atoms with Gasteiger partial charge in [0.2, 0.25) is 11.8 Å². The first-order valence-electron chi connectivity index (χ1n) is 11.1. The lowest BCUT2D eigenvalue weighted by Gasteiger charge is -2.41. The average molecular weight is 449 g/mol. The van der Waals surface area contributed by atoms with Gasteiger partial charge in [0.25, 0.3) is 0 Å². The topological polar surface area (TPSA) is 49.4 Å². The second-order valence-corrected chi connectivity index (χ2v) is 8.42. The molecule has 0 radical (unpaired) electrons. The van der Waals surface area contributed by atoms with Gasteiger partial charge in [0.15, 0.2) is 11.6 Å². The number of piperidine rings is 1. The van der Waals surface area contributed by atoms with Gasteiger partial charge in [0.05, 0.1) is 11.8 Å². The molecule has 0 aliphatic carbocycles. The van der Waals surface area contributed by atoms with Crippen molar-refractivity contribution in [3.05, 3.63) is 107 Å². The zero-order valence-electron chi connectivity index (χ0n) is 18.3. The van der Waals surface area contributed by atoms with Gasteiger partial charge in [0, 0.05) is 19.6 Å². The number of carbonyl (C=O) groups excluding carboxylic acids is 2. The largest absolute Gasteiger partial charge is 0.351 e. The summed E-state index contributed by atoms with van der Waals surface area (Å²) in [5, 5.41) is 2.91. The molecule has 3 aromatic carbocycles. The number of carbonyl (C=O) groups is 2. The molecule has 0 atom stereocenters. The molecule has 4 rings (SSSR count). The predicted molar refractivity (Wildman–Crippen MR) is 122 cm³/mol. The first-order chi connectivity index (χ1) is 16.0. The molecule has 1 aliphatic rings. The van der Waals surface area contributed by atoms with E-state index in [2.05, 4.69) is 5.32 Å². The van der Waals surface area contributed by atoms with Crippen molar-refractivity contribution in [2.75, 3.05) is 13.1 Å². The molecule has 3 aromatic rings. The van der Waals surface area contributed by atoms with E-state index >= 15 is 0 Å². The number of nitrogens with zero attached hydrogens (tertiary/aromatic N) is 1. The van der Waals surface area contributed by atoms with Gasteiger partial charge in [0.1, 0.15) is 0 Å². The van der Waals surface area contributed by atoms with Gasteiger partial charge in [-0.1, -0.05) is 66.7 Å². The van der Waals surface area contributed by atoms with Crippen LogP contribution in [-0.2, 0) is 28.0 Å². The molecular weight excluding hydrogens is 422 g/mol. The third-order valence-electron chi connectivity index (χ3n) is 6.37. The lowest BCUT2D eigenvalue weighted by molar-refractivity contribution is -0.136. The summed E-state index contributed by atoms with van der Waals surface area (Å²) in [6.07, 6.45) is 1.31. The Kier molecular flexibility index (Phi) is 6.82. The lowest BCUT2D eigenvalue weighted by atomic mass is 9.72. The van der Waals surface area contributed by atoms with Gasteiger partial charge >= 0.3 is 0 Å². The molecule has 0 bridgehead atoms. The van der Waals surface area contributed by atoms with Crippen molar-refractivity contribution in [1.29, 1.82) is 0 Å². The zero-order valence-corrected chi connectivity index (χ0v) is 18.3. The molecule has 6 heteroatoms. The molecule has 0 saturated carbocycles. The highest BCUT2D eigenvalue weighted by Gasteiger charge is 2.43. The predicted octanol–water partition coefficient (Wildman–Crippen LogP) is 4.38. The average Bonchev–Trinajstić information content (AvgIpc) is 2.85. The zero-order chi connectivity index (χ0) is 23.3. The molecular formula is C27H26F2N2O2. The van der Waals surface area contributed by atoms with E-state index in [0.717, 1.165) is 23.3 Å². The van der Waals surface area contributed by atoms with E-state index in [1.54, 1.807) is 0 Å². The van der Waals surface area contributed by atoms with Crippen LogP contribution in [0.1, 0.15) is 29.5 Å². The Morgan fingerprint density at radius 3 is 2.09 bits per heavy atom. The summed E-state index contributed by atoms with van der Waals surface area (Å²) in [4.78, 5) is 28.1. The number of likely N-dealkylation sites (tertiary alicyclic amines) is 1. The lowest BCUT2D eigenvalue weighted by Crippen LogP contribution is -2.53. The molecule has 1 N–H and O–H groups in total. The Morgan fingerprint density at radius 2 is 1.45 bits per heavy atom. The van der Waals surface area contributed by atoms with Crippen molar-refractivity contribution in [3.8, 4) is 0 Å². The molecule has 0 aromatic heterocycles. The van der Waals surface area contributed by atoms with E-state index in [4.69, 9.17) is 0 Å². The Bertz CT molecular complexity index is 1110. The number of hydrogen-bond acceptors (Lipinski definition) is 2. The molecule has 170 valence electrons. The number of rotatable bonds is 6. The molecule has 0 unspecified atom stereocenters. The first-order valence-corrected chi connectivity index (χ1v) is 11.1. The van der Waals surface area contributed by atoms with Gasteiger partial charge in [-0.3, -0.25) is 9.59 Å². The Balaban J connectivity index is 1.47. The van der Waals surface area contributed by atoms with E-state index < -0.39 is 17.0 Å². The summed E-state index contributed by atoms with van der Waals surface area (Å²) in [7, 11) is 0. The molecule has 1 aliphatic heterocycles. The maximum absolute atomic E-state index is 13.5. The van der Waals surface area contributed by atoms with E-state index in [1.807, 2.05) is 65.6 Å². The van der Waals surface area contributed by atoms with E-state index in [0.29, 0.717) is 37.9 Å². The Morgan fingerprint density at radius 1 is 0.818 bits per heavy atom. The van der Waals surface area contributed by atoms with Crippen LogP contribution in [0.2, 0.25) is 0 Å². The van der Waals surface area contributed by atoms with E-state index in [9.17, 15) is 18.4 Å². The van der Waals surface area contributed by atoms with Gasteiger partial charge < -0.3 is 10.2 Å². The van der Waals surface area contributed by atoms with Crippen molar-refractivity contribution in [1.82, 2.24) is 10.2 Å². The van der Waals surface area contributed by atoms with Gasteiger partial charge in [-0.25, -0.2) is 8.78 Å². The molecule has 1 saturated heterocycles. The Labute approximate surface area is 192 Å². The van der Waals surface area contributed by atoms with Crippen LogP contribution < -0.4 is 5.32 Å². The maximum Gasteiger partial charge on any atom is 0.231 e. The van der Waals surface area contributed by atoms with Crippen LogP contribution in [0.4, 0.5) is 8.78 Å². The number of amides is 2. The smallest absolute Gasteiger partial charge is 0.231 e. The third-order valence-corrected chi connectivity index (χ3v) is 6.37. The van der Waals surface area contributed by atoms with E-state index in [1.165, 1.54) is 6.07 Å². The number of nitrogens with one attached hydrogen (secondary N) is 1. The van der Waals surface area contributed by atoms with Crippen LogP contribution in [0.25, 0.3) is 0 Å². The van der Waals surface area contributed by atoms with Gasteiger partial charge in [-0.2, -0.15) is 0 Å². The highest BCUT2D eigenvalue weighted by molar-refractivity contribution is 5.89. The molecule has 1 fully saturated rings. The molecule has 4 nitrogen and oxygen atoms in total. The highest BCUT2D eigenvalue weighted by atomic mass is 19.2. The minimum Gasteiger partial charge on any atom is -0.351 e. The fraction of sp³-hybridized carbons (Fsp3) is 0.259. The third kappa shape index (κ3) is 5.11. The molecule has 33 heavy (non-hydrogen) atoms. The number of halogens is 2. The van der Waals surface area contributed by atoms with Crippen molar-refractivity contribution in [2.45, 2.75) is 31.2 Å². The van der Waals surface area contributed by atoms with Crippen LogP contribution in [0.5, 0.6) is 0 Å². The van der Waals surface area contributed by atoms with Crippen LogP contribution in [0, 0.1) is 11.6 Å². The number of hydrogen-bond donors (Lipinski definition) is 1. The molecule has 1 heterocycles. The van der Waals surface area contributed by atoms with Crippen LogP contribution in [-0.4, -0.2) is 29.8 Å². The SMILES string of the molecule is O=C(Cc1ccccc1)N1CCC(C(=O)NCc2ccc(F)c(F)c2)(c2ccccc2)CC1. The van der Waals surface area contributed by atoms with Crippen LogP contribution in [0.15, 0.2) is 78.9 Å². The normalized spacial score (nSPS) is 15.2. The highest BCUT2D eigenvalue weighted by Crippen LogP contribution is 2.36. The van der Waals surface area contributed by atoms with Crippen LogP contribution in [0.3, 0.4) is 0 Å². The monoisotopic (exact) mass is 448 g/mol. The number of benzene rings is 3. The summed E-state index contributed by atoms with van der Waals surface area (Å²) in [5.41, 5.74) is 1.55. The summed E-state index contributed by atoms with van der Waals surface area (Å²) in [5.74, 6) is -1.98. The van der Waals surface area contributed by atoms with Crippen molar-refractivity contribution in [3.63, 3.8) is 0 Å². The molecule has 2 amide bonds. The quantitative estimate of drug-likeness (QED) is 0.608. The first kappa shape index (κ1) is 22.6. The summed E-state index contributed by atoms with van der Waals surface area (Å²) in [6, 6.07) is 22.8. The molecule has 0 spiro atoms. The minimum atomic E-state index is -0.940. The fourth-order valence-corrected chi connectivity index (χ4v) is 4.43. The fourth-order valence-electron chi connectivity index (χ4n) is 4.43. The Hall–Kier alpha value is -3.54.